The molecule has 0 radical (unpaired) electrons. The summed E-state index contributed by atoms with van der Waals surface area (Å²) in [6, 6.07) is 9.62. The average molecular weight is 347 g/mol. The maximum atomic E-state index is 13.1. The molecule has 0 spiro atoms. The minimum atomic E-state index is -0.0419. The SMILES string of the molecule is Cc1ccc2nc(C3CCCN3C(=O)c3ccc4nnnn4c3)[nH]c2c1. The number of nitrogens with zero attached hydrogens (tertiary/aromatic N) is 6. The Morgan fingerprint density at radius 2 is 2.19 bits per heavy atom. The molecule has 1 amide bonds. The number of likely N-dealkylation sites (tertiary alicyclic amines) is 1. The van der Waals surface area contributed by atoms with Crippen LogP contribution in [0.25, 0.3) is 16.7 Å². The van der Waals surface area contributed by atoms with Gasteiger partial charge in [-0.05, 0) is 60.0 Å². The molecule has 0 aliphatic carbocycles. The fraction of sp³-hybridized carbons (Fsp3) is 0.278. The summed E-state index contributed by atoms with van der Waals surface area (Å²) in [6.07, 6.45) is 3.53. The Kier molecular flexibility index (Phi) is 3.24. The molecule has 8 nitrogen and oxygen atoms in total. The van der Waals surface area contributed by atoms with E-state index in [1.54, 1.807) is 18.3 Å². The van der Waals surface area contributed by atoms with Gasteiger partial charge in [-0.15, -0.1) is 5.10 Å². The number of pyridine rings is 1. The monoisotopic (exact) mass is 347 g/mol. The molecular weight excluding hydrogens is 330 g/mol. The number of aromatic amines is 1. The van der Waals surface area contributed by atoms with Crippen molar-refractivity contribution < 1.29 is 4.79 Å². The van der Waals surface area contributed by atoms with E-state index in [2.05, 4.69) is 33.5 Å². The predicted molar refractivity (Wildman–Crippen MR) is 94.6 cm³/mol. The number of aryl methyl sites for hydroxylation is 1. The van der Waals surface area contributed by atoms with Crippen LogP contribution in [0.4, 0.5) is 0 Å². The fourth-order valence-electron chi connectivity index (χ4n) is 3.63. The van der Waals surface area contributed by atoms with Crippen molar-refractivity contribution in [2.24, 2.45) is 0 Å². The van der Waals surface area contributed by atoms with Crippen molar-refractivity contribution in [2.75, 3.05) is 6.54 Å². The highest BCUT2D eigenvalue weighted by Gasteiger charge is 2.33. The maximum absolute atomic E-state index is 13.1. The second-order valence-corrected chi connectivity index (χ2v) is 6.70. The van der Waals surface area contributed by atoms with E-state index in [9.17, 15) is 4.79 Å². The zero-order chi connectivity index (χ0) is 17.7. The first-order chi connectivity index (χ1) is 12.7. The zero-order valence-corrected chi connectivity index (χ0v) is 14.3. The zero-order valence-electron chi connectivity index (χ0n) is 14.3. The Bertz CT molecular complexity index is 1130. The first-order valence-corrected chi connectivity index (χ1v) is 8.64. The van der Waals surface area contributed by atoms with Gasteiger partial charge in [0.25, 0.3) is 5.91 Å². The van der Waals surface area contributed by atoms with Crippen LogP contribution in [-0.4, -0.2) is 47.4 Å². The van der Waals surface area contributed by atoms with Gasteiger partial charge in [0.05, 0.1) is 22.6 Å². The topological polar surface area (TPSA) is 92.1 Å². The van der Waals surface area contributed by atoms with Gasteiger partial charge in [0.1, 0.15) is 5.82 Å². The Morgan fingerprint density at radius 1 is 1.27 bits per heavy atom. The molecule has 4 aromatic rings. The van der Waals surface area contributed by atoms with Crippen LogP contribution in [0.2, 0.25) is 0 Å². The lowest BCUT2D eigenvalue weighted by Crippen LogP contribution is -2.31. The molecule has 26 heavy (non-hydrogen) atoms. The van der Waals surface area contributed by atoms with Crippen LogP contribution in [0, 0.1) is 6.92 Å². The molecule has 1 saturated heterocycles. The van der Waals surface area contributed by atoms with E-state index in [0.717, 1.165) is 29.7 Å². The predicted octanol–water partition coefficient (Wildman–Crippen LogP) is 2.29. The van der Waals surface area contributed by atoms with E-state index in [1.807, 2.05) is 17.0 Å². The Labute approximate surface area is 148 Å². The molecule has 1 fully saturated rings. The number of aromatic nitrogens is 6. The van der Waals surface area contributed by atoms with E-state index in [4.69, 9.17) is 4.98 Å². The van der Waals surface area contributed by atoms with Gasteiger partial charge >= 0.3 is 0 Å². The van der Waals surface area contributed by atoms with Crippen molar-refractivity contribution in [3.05, 3.63) is 53.5 Å². The highest BCUT2D eigenvalue weighted by molar-refractivity contribution is 5.94. The molecule has 1 aromatic carbocycles. The van der Waals surface area contributed by atoms with Crippen LogP contribution < -0.4 is 0 Å². The molecule has 3 aromatic heterocycles. The normalized spacial score (nSPS) is 17.4. The van der Waals surface area contributed by atoms with E-state index in [1.165, 1.54) is 10.1 Å². The summed E-state index contributed by atoms with van der Waals surface area (Å²) in [7, 11) is 0. The van der Waals surface area contributed by atoms with Crippen molar-refractivity contribution in [3.8, 4) is 0 Å². The van der Waals surface area contributed by atoms with Gasteiger partial charge in [-0.25, -0.2) is 4.98 Å². The number of nitrogens with one attached hydrogen (secondary N) is 1. The summed E-state index contributed by atoms with van der Waals surface area (Å²) in [5.41, 5.74) is 4.31. The highest BCUT2D eigenvalue weighted by atomic mass is 16.2. The van der Waals surface area contributed by atoms with Crippen molar-refractivity contribution >= 4 is 22.6 Å². The van der Waals surface area contributed by atoms with Crippen molar-refractivity contribution in [3.63, 3.8) is 0 Å². The molecule has 1 aliphatic heterocycles. The van der Waals surface area contributed by atoms with Crippen LogP contribution in [0.15, 0.2) is 36.5 Å². The van der Waals surface area contributed by atoms with Gasteiger partial charge in [-0.3, -0.25) is 4.79 Å². The molecule has 1 N–H and O–H groups in total. The number of benzene rings is 1. The van der Waals surface area contributed by atoms with Crippen molar-refractivity contribution in [2.45, 2.75) is 25.8 Å². The lowest BCUT2D eigenvalue weighted by molar-refractivity contribution is 0.0730. The molecule has 1 atom stereocenters. The van der Waals surface area contributed by atoms with E-state index >= 15 is 0 Å². The summed E-state index contributed by atoms with van der Waals surface area (Å²) >= 11 is 0. The molecule has 4 heterocycles. The molecule has 130 valence electrons. The lowest BCUT2D eigenvalue weighted by Gasteiger charge is -2.23. The highest BCUT2D eigenvalue weighted by Crippen LogP contribution is 2.32. The van der Waals surface area contributed by atoms with Crippen LogP contribution in [-0.2, 0) is 0 Å². The van der Waals surface area contributed by atoms with Gasteiger partial charge in [-0.1, -0.05) is 6.07 Å². The number of carbonyl (C=O) groups is 1. The van der Waals surface area contributed by atoms with Gasteiger partial charge in [0, 0.05) is 12.7 Å². The third-order valence-corrected chi connectivity index (χ3v) is 4.92. The van der Waals surface area contributed by atoms with Crippen LogP contribution >= 0.6 is 0 Å². The summed E-state index contributed by atoms with van der Waals surface area (Å²) in [5, 5.41) is 11.4. The van der Waals surface area contributed by atoms with E-state index < -0.39 is 0 Å². The molecule has 0 bridgehead atoms. The largest absolute Gasteiger partial charge is 0.340 e. The quantitative estimate of drug-likeness (QED) is 0.600. The van der Waals surface area contributed by atoms with Gasteiger partial charge in [-0.2, -0.15) is 4.52 Å². The Morgan fingerprint density at radius 3 is 3.12 bits per heavy atom. The summed E-state index contributed by atoms with van der Waals surface area (Å²) in [6.45, 7) is 2.77. The number of amides is 1. The number of H-pyrrole nitrogens is 1. The number of tetrazole rings is 1. The summed E-state index contributed by atoms with van der Waals surface area (Å²) < 4.78 is 1.52. The van der Waals surface area contributed by atoms with E-state index in [-0.39, 0.29) is 11.9 Å². The first kappa shape index (κ1) is 15.0. The van der Waals surface area contributed by atoms with Crippen LogP contribution in [0.3, 0.4) is 0 Å². The third-order valence-electron chi connectivity index (χ3n) is 4.92. The van der Waals surface area contributed by atoms with Crippen LogP contribution in [0.1, 0.15) is 40.6 Å². The molecule has 1 unspecified atom stereocenters. The second-order valence-electron chi connectivity index (χ2n) is 6.70. The third kappa shape index (κ3) is 2.33. The van der Waals surface area contributed by atoms with Gasteiger partial charge in [0.15, 0.2) is 5.65 Å². The summed E-state index contributed by atoms with van der Waals surface area (Å²) in [4.78, 5) is 23.1. The second kappa shape index (κ2) is 5.62. The number of rotatable bonds is 2. The number of hydrogen-bond donors (Lipinski definition) is 1. The fourth-order valence-corrected chi connectivity index (χ4v) is 3.63. The Balaban J connectivity index is 1.49. The van der Waals surface area contributed by atoms with Crippen molar-refractivity contribution in [1.29, 1.82) is 0 Å². The number of imidazole rings is 1. The average Bonchev–Trinajstić information content (AvgIpc) is 3.37. The standard InChI is InChI=1S/C18H17N7O/c1-11-4-6-13-14(9-11)20-17(19-13)15-3-2-8-24(15)18(26)12-5-7-16-21-22-23-25(16)10-12/h4-7,9-10,15H,2-3,8H2,1H3,(H,19,20). The molecule has 8 heteroatoms. The molecule has 0 saturated carbocycles. The van der Waals surface area contributed by atoms with E-state index in [0.29, 0.717) is 17.8 Å². The van der Waals surface area contributed by atoms with Gasteiger partial charge < -0.3 is 9.88 Å². The molecule has 1 aliphatic rings. The number of hydrogen-bond acceptors (Lipinski definition) is 5. The number of fused-ring (bicyclic) bond motifs is 2. The molecular formula is C18H17N7O. The minimum Gasteiger partial charge on any atom is -0.340 e. The molecule has 5 rings (SSSR count). The minimum absolute atomic E-state index is 0.0264. The van der Waals surface area contributed by atoms with Crippen LogP contribution in [0.5, 0.6) is 0 Å². The smallest absolute Gasteiger partial charge is 0.256 e. The van der Waals surface area contributed by atoms with Gasteiger partial charge in [0.2, 0.25) is 0 Å². The first-order valence-electron chi connectivity index (χ1n) is 8.64. The van der Waals surface area contributed by atoms with Crippen molar-refractivity contribution in [1.82, 2.24) is 34.9 Å². The lowest BCUT2D eigenvalue weighted by atomic mass is 10.2. The Hall–Kier alpha value is -3.29. The summed E-state index contributed by atoms with van der Waals surface area (Å²) in [5.74, 6) is 0.821. The maximum Gasteiger partial charge on any atom is 0.256 e. The number of carbonyl (C=O) groups excluding carboxylic acids is 1.